The summed E-state index contributed by atoms with van der Waals surface area (Å²) in [5.74, 6) is -3.25. The molecule has 2 N–H and O–H groups in total. The first-order chi connectivity index (χ1) is 11.2. The third-order valence-electron chi connectivity index (χ3n) is 3.00. The number of para-hydroxylation sites is 1. The Morgan fingerprint density at radius 2 is 1.92 bits per heavy atom. The molecule has 126 valence electrons. The van der Waals surface area contributed by atoms with E-state index < -0.39 is 38.0 Å². The molecule has 0 fully saturated rings. The van der Waals surface area contributed by atoms with Gasteiger partial charge in [0.15, 0.2) is 0 Å². The molecule has 0 aliphatic carbocycles. The summed E-state index contributed by atoms with van der Waals surface area (Å²) in [6, 6.07) is 8.02. The lowest BCUT2D eigenvalue weighted by molar-refractivity contribution is -0.385. The van der Waals surface area contributed by atoms with Crippen LogP contribution in [0.5, 0.6) is 0 Å². The molecule has 0 aromatic heterocycles. The fourth-order valence-electron chi connectivity index (χ4n) is 1.98. The Balaban J connectivity index is 2.29. The van der Waals surface area contributed by atoms with Gasteiger partial charge in [-0.25, -0.2) is 17.6 Å². The van der Waals surface area contributed by atoms with Crippen molar-refractivity contribution in [3.8, 4) is 0 Å². The molecule has 8 nitrogen and oxygen atoms in total. The lowest BCUT2D eigenvalue weighted by atomic mass is 10.2. The van der Waals surface area contributed by atoms with Crippen LogP contribution in [-0.2, 0) is 15.8 Å². The molecule has 0 amide bonds. The van der Waals surface area contributed by atoms with E-state index in [1.807, 2.05) is 0 Å². The summed E-state index contributed by atoms with van der Waals surface area (Å²) in [5, 5.41) is 19.7. The van der Waals surface area contributed by atoms with Crippen molar-refractivity contribution in [1.82, 2.24) is 0 Å². The molecule has 10 heteroatoms. The zero-order valence-electron chi connectivity index (χ0n) is 12.0. The number of nitrogens with zero attached hydrogens (tertiary/aromatic N) is 1. The Hall–Kier alpha value is -3.01. The molecular weight excluding hydrogens is 343 g/mol. The van der Waals surface area contributed by atoms with E-state index in [9.17, 15) is 27.7 Å². The minimum absolute atomic E-state index is 0.0319. The average Bonchev–Trinajstić information content (AvgIpc) is 2.48. The second-order valence-corrected chi connectivity index (χ2v) is 6.47. The van der Waals surface area contributed by atoms with Crippen molar-refractivity contribution < 1.29 is 27.6 Å². The zero-order chi connectivity index (χ0) is 17.9. The van der Waals surface area contributed by atoms with Crippen LogP contribution >= 0.6 is 0 Å². The van der Waals surface area contributed by atoms with Gasteiger partial charge in [-0.05, 0) is 18.2 Å². The van der Waals surface area contributed by atoms with Crippen molar-refractivity contribution in [2.45, 2.75) is 5.75 Å². The number of hydrogen-bond donors (Lipinski definition) is 2. The summed E-state index contributed by atoms with van der Waals surface area (Å²) in [6.45, 7) is 0. The van der Waals surface area contributed by atoms with Gasteiger partial charge < -0.3 is 5.11 Å². The first-order valence-corrected chi connectivity index (χ1v) is 8.10. The molecule has 0 atom stereocenters. The molecule has 2 aromatic carbocycles. The number of nitro benzene ring substituents is 1. The molecule has 0 saturated heterocycles. The molecular formula is C14H11FN2O6S. The van der Waals surface area contributed by atoms with Crippen LogP contribution in [0.25, 0.3) is 0 Å². The maximum absolute atomic E-state index is 13.3. The SMILES string of the molecule is O=C(O)c1cc(NS(=O)(=O)Cc2ccccc2[N+](=O)[O-])ccc1F. The third kappa shape index (κ3) is 4.04. The molecule has 0 heterocycles. The van der Waals surface area contributed by atoms with Crippen molar-refractivity contribution in [2.75, 3.05) is 4.72 Å². The fourth-order valence-corrected chi connectivity index (χ4v) is 3.20. The molecule has 0 bridgehead atoms. The van der Waals surface area contributed by atoms with Gasteiger partial charge in [-0.2, -0.15) is 0 Å². The molecule has 0 unspecified atom stereocenters. The molecule has 2 rings (SSSR count). The van der Waals surface area contributed by atoms with Gasteiger partial charge in [0.05, 0.1) is 10.5 Å². The lowest BCUT2D eigenvalue weighted by Crippen LogP contribution is -2.16. The van der Waals surface area contributed by atoms with E-state index in [1.54, 1.807) is 0 Å². The van der Waals surface area contributed by atoms with E-state index in [0.29, 0.717) is 0 Å². The summed E-state index contributed by atoms with van der Waals surface area (Å²) in [6.07, 6.45) is 0. The van der Waals surface area contributed by atoms with Crippen LogP contribution < -0.4 is 4.72 Å². The Morgan fingerprint density at radius 3 is 2.54 bits per heavy atom. The van der Waals surface area contributed by atoms with Crippen LogP contribution in [0.4, 0.5) is 15.8 Å². The number of nitro groups is 1. The van der Waals surface area contributed by atoms with Crippen LogP contribution in [0.1, 0.15) is 15.9 Å². The van der Waals surface area contributed by atoms with Crippen molar-refractivity contribution in [1.29, 1.82) is 0 Å². The highest BCUT2D eigenvalue weighted by Gasteiger charge is 2.20. The molecule has 0 aliphatic rings. The standard InChI is InChI=1S/C14H11FN2O6S/c15-12-6-5-10(7-11(12)14(18)19)16-24(22,23)8-9-3-1-2-4-13(9)17(20)21/h1-7,16H,8H2,(H,18,19). The number of carbonyl (C=O) groups is 1. The number of aromatic carboxylic acids is 1. The summed E-state index contributed by atoms with van der Waals surface area (Å²) >= 11 is 0. The number of nitrogens with one attached hydrogen (secondary N) is 1. The highest BCUT2D eigenvalue weighted by molar-refractivity contribution is 7.91. The van der Waals surface area contributed by atoms with Gasteiger partial charge in [-0.1, -0.05) is 18.2 Å². The van der Waals surface area contributed by atoms with E-state index in [4.69, 9.17) is 5.11 Å². The molecule has 0 spiro atoms. The van der Waals surface area contributed by atoms with Crippen molar-refractivity contribution in [3.63, 3.8) is 0 Å². The van der Waals surface area contributed by atoms with Gasteiger partial charge in [0, 0.05) is 17.3 Å². The highest BCUT2D eigenvalue weighted by atomic mass is 32.2. The van der Waals surface area contributed by atoms with Gasteiger partial charge in [-0.3, -0.25) is 14.8 Å². The number of anilines is 1. The van der Waals surface area contributed by atoms with E-state index in [1.165, 1.54) is 24.3 Å². The van der Waals surface area contributed by atoms with Crippen LogP contribution in [0.2, 0.25) is 0 Å². The number of halogens is 1. The van der Waals surface area contributed by atoms with Gasteiger partial charge in [-0.15, -0.1) is 0 Å². The monoisotopic (exact) mass is 354 g/mol. The summed E-state index contributed by atoms with van der Waals surface area (Å²) < 4.78 is 39.7. The van der Waals surface area contributed by atoms with Crippen LogP contribution in [0.3, 0.4) is 0 Å². The number of carboxylic acids is 1. The Bertz CT molecular complexity index is 913. The Kier molecular flexibility index (Phi) is 4.79. The predicted octanol–water partition coefficient (Wildman–Crippen LogP) is 2.37. The number of sulfonamides is 1. The first kappa shape index (κ1) is 17.3. The topological polar surface area (TPSA) is 127 Å². The van der Waals surface area contributed by atoms with Crippen LogP contribution in [0, 0.1) is 15.9 Å². The number of hydrogen-bond acceptors (Lipinski definition) is 5. The molecule has 0 saturated carbocycles. The minimum atomic E-state index is -4.07. The maximum Gasteiger partial charge on any atom is 0.338 e. The van der Waals surface area contributed by atoms with Crippen LogP contribution in [0.15, 0.2) is 42.5 Å². The maximum atomic E-state index is 13.3. The van der Waals surface area contributed by atoms with Gasteiger partial charge in [0.1, 0.15) is 11.6 Å². The smallest absolute Gasteiger partial charge is 0.338 e. The first-order valence-electron chi connectivity index (χ1n) is 6.45. The van der Waals surface area contributed by atoms with E-state index in [0.717, 1.165) is 18.2 Å². The zero-order valence-corrected chi connectivity index (χ0v) is 12.8. The molecule has 2 aromatic rings. The predicted molar refractivity (Wildman–Crippen MR) is 82.7 cm³/mol. The van der Waals surface area contributed by atoms with E-state index in [2.05, 4.69) is 4.72 Å². The van der Waals surface area contributed by atoms with Crippen molar-refractivity contribution >= 4 is 27.4 Å². The Morgan fingerprint density at radius 1 is 1.25 bits per heavy atom. The normalized spacial score (nSPS) is 11.0. The van der Waals surface area contributed by atoms with Gasteiger partial charge >= 0.3 is 5.97 Å². The molecule has 24 heavy (non-hydrogen) atoms. The van der Waals surface area contributed by atoms with E-state index >= 15 is 0 Å². The second-order valence-electron chi connectivity index (χ2n) is 4.75. The van der Waals surface area contributed by atoms with Gasteiger partial charge in [0.2, 0.25) is 10.0 Å². The largest absolute Gasteiger partial charge is 0.478 e. The third-order valence-corrected chi connectivity index (χ3v) is 4.24. The van der Waals surface area contributed by atoms with E-state index in [-0.39, 0.29) is 16.9 Å². The van der Waals surface area contributed by atoms with Crippen molar-refractivity contribution in [3.05, 3.63) is 69.5 Å². The summed E-state index contributed by atoms with van der Waals surface area (Å²) in [5.41, 5.74) is -1.24. The second kappa shape index (κ2) is 6.62. The fraction of sp³-hybridized carbons (Fsp3) is 0.0714. The Labute approximate surface area is 135 Å². The lowest BCUT2D eigenvalue weighted by Gasteiger charge is -2.09. The average molecular weight is 354 g/mol. The highest BCUT2D eigenvalue weighted by Crippen LogP contribution is 2.22. The number of rotatable bonds is 6. The number of carboxylic acid groups (broad SMARTS) is 1. The minimum Gasteiger partial charge on any atom is -0.478 e. The summed E-state index contributed by atoms with van der Waals surface area (Å²) in [7, 11) is -4.07. The number of benzene rings is 2. The van der Waals surface area contributed by atoms with Crippen molar-refractivity contribution in [2.24, 2.45) is 0 Å². The molecule has 0 aliphatic heterocycles. The summed E-state index contributed by atoms with van der Waals surface area (Å²) in [4.78, 5) is 21.1. The van der Waals surface area contributed by atoms with Crippen LogP contribution in [-0.4, -0.2) is 24.4 Å². The van der Waals surface area contributed by atoms with Gasteiger partial charge in [0.25, 0.3) is 5.69 Å². The quantitative estimate of drug-likeness (QED) is 0.606. The molecule has 0 radical (unpaired) electrons.